The molecule has 158 valence electrons. The standard InChI is InChI=1S/C22H17F2N3O4/c1-11(2)30-22(29)18-19(28)17(8-12-10-26-20-14(12)4-3-7-25-20)31-21(18)27-16-6-5-13(23)9-15(16)24/h3-11,27H,1-2H3,(H,25,26)/b17-8-. The van der Waals surface area contributed by atoms with Crippen molar-refractivity contribution in [3.05, 3.63) is 77.1 Å². The van der Waals surface area contributed by atoms with Crippen LogP contribution >= 0.6 is 0 Å². The number of allylic oxidation sites excluding steroid dienone is 1. The highest BCUT2D eigenvalue weighted by Gasteiger charge is 2.37. The lowest BCUT2D eigenvalue weighted by molar-refractivity contribution is -0.143. The normalized spacial score (nSPS) is 15.1. The first-order valence-electron chi connectivity index (χ1n) is 9.37. The van der Waals surface area contributed by atoms with E-state index in [1.165, 1.54) is 6.08 Å². The van der Waals surface area contributed by atoms with Gasteiger partial charge in [-0.25, -0.2) is 18.6 Å². The second-order valence-electron chi connectivity index (χ2n) is 6.99. The minimum Gasteiger partial charge on any atom is -0.459 e. The number of aromatic nitrogens is 2. The van der Waals surface area contributed by atoms with Crippen molar-refractivity contribution in [3.8, 4) is 0 Å². The van der Waals surface area contributed by atoms with Gasteiger partial charge in [-0.05, 0) is 44.2 Å². The van der Waals surface area contributed by atoms with Gasteiger partial charge in [0.1, 0.15) is 17.3 Å². The van der Waals surface area contributed by atoms with Crippen LogP contribution < -0.4 is 5.32 Å². The van der Waals surface area contributed by atoms with Gasteiger partial charge in [-0.3, -0.25) is 4.79 Å². The van der Waals surface area contributed by atoms with Gasteiger partial charge in [0.25, 0.3) is 0 Å². The Labute approximate surface area is 175 Å². The number of pyridine rings is 1. The topological polar surface area (TPSA) is 93.3 Å². The van der Waals surface area contributed by atoms with Gasteiger partial charge in [0, 0.05) is 29.4 Å². The molecule has 31 heavy (non-hydrogen) atoms. The second-order valence-corrected chi connectivity index (χ2v) is 6.99. The first kappa shape index (κ1) is 20.3. The van der Waals surface area contributed by atoms with Crippen molar-refractivity contribution in [2.45, 2.75) is 20.0 Å². The van der Waals surface area contributed by atoms with Gasteiger partial charge in [0.15, 0.2) is 11.3 Å². The van der Waals surface area contributed by atoms with Gasteiger partial charge in [-0.15, -0.1) is 0 Å². The Morgan fingerprint density at radius 2 is 2.10 bits per heavy atom. The number of hydrogen-bond acceptors (Lipinski definition) is 6. The molecule has 0 atom stereocenters. The molecule has 2 N–H and O–H groups in total. The van der Waals surface area contributed by atoms with E-state index in [4.69, 9.17) is 9.47 Å². The minimum absolute atomic E-state index is 0.162. The fraction of sp³-hybridized carbons (Fsp3) is 0.136. The Hall–Kier alpha value is -4.01. The number of nitrogens with one attached hydrogen (secondary N) is 2. The lowest BCUT2D eigenvalue weighted by Gasteiger charge is -2.11. The van der Waals surface area contributed by atoms with Crippen LogP contribution in [0.5, 0.6) is 0 Å². The van der Waals surface area contributed by atoms with Gasteiger partial charge in [0.05, 0.1) is 11.8 Å². The monoisotopic (exact) mass is 425 g/mol. The Balaban J connectivity index is 1.72. The van der Waals surface area contributed by atoms with Crippen LogP contribution in [0.25, 0.3) is 17.1 Å². The largest absolute Gasteiger partial charge is 0.459 e. The van der Waals surface area contributed by atoms with Crippen molar-refractivity contribution in [2.24, 2.45) is 0 Å². The number of benzene rings is 1. The van der Waals surface area contributed by atoms with E-state index in [2.05, 4.69) is 15.3 Å². The lowest BCUT2D eigenvalue weighted by atomic mass is 10.1. The number of rotatable bonds is 5. The predicted molar refractivity (Wildman–Crippen MR) is 108 cm³/mol. The molecule has 4 rings (SSSR count). The minimum atomic E-state index is -0.922. The predicted octanol–water partition coefficient (Wildman–Crippen LogP) is 4.06. The summed E-state index contributed by atoms with van der Waals surface area (Å²) in [6.07, 6.45) is 4.21. The van der Waals surface area contributed by atoms with Crippen LogP contribution in [0.2, 0.25) is 0 Å². The number of ether oxygens (including phenoxy) is 2. The first-order chi connectivity index (χ1) is 14.8. The summed E-state index contributed by atoms with van der Waals surface area (Å²) in [5, 5.41) is 3.29. The molecule has 0 saturated heterocycles. The number of Topliss-reactive ketones (excluding diaryl/α,β-unsaturated/α-hetero) is 1. The molecule has 0 amide bonds. The van der Waals surface area contributed by atoms with Crippen molar-refractivity contribution in [3.63, 3.8) is 0 Å². The zero-order valence-electron chi connectivity index (χ0n) is 16.5. The molecule has 1 aromatic carbocycles. The molecule has 0 fully saturated rings. The van der Waals surface area contributed by atoms with E-state index in [9.17, 15) is 18.4 Å². The maximum absolute atomic E-state index is 14.1. The summed E-state index contributed by atoms with van der Waals surface area (Å²) < 4.78 is 38.1. The number of carbonyl (C=O) groups is 2. The third kappa shape index (κ3) is 4.02. The van der Waals surface area contributed by atoms with Gasteiger partial charge in [-0.2, -0.15) is 0 Å². The van der Waals surface area contributed by atoms with Crippen molar-refractivity contribution in [1.29, 1.82) is 0 Å². The number of fused-ring (bicyclic) bond motifs is 1. The Bertz CT molecular complexity index is 1260. The molecule has 0 spiro atoms. The summed E-state index contributed by atoms with van der Waals surface area (Å²) in [7, 11) is 0. The lowest BCUT2D eigenvalue weighted by Crippen LogP contribution is -2.19. The molecule has 0 unspecified atom stereocenters. The number of anilines is 1. The summed E-state index contributed by atoms with van der Waals surface area (Å²) in [6.45, 7) is 3.25. The average Bonchev–Trinajstić information content (AvgIpc) is 3.25. The summed E-state index contributed by atoms with van der Waals surface area (Å²) in [6, 6.07) is 6.37. The third-order valence-corrected chi connectivity index (χ3v) is 4.39. The molecule has 3 heterocycles. The number of aromatic amines is 1. The molecule has 0 saturated carbocycles. The van der Waals surface area contributed by atoms with Crippen LogP contribution in [0.3, 0.4) is 0 Å². The van der Waals surface area contributed by atoms with Gasteiger partial charge < -0.3 is 19.8 Å². The highest BCUT2D eigenvalue weighted by molar-refractivity contribution is 6.26. The van der Waals surface area contributed by atoms with Crippen molar-refractivity contribution in [2.75, 3.05) is 5.32 Å². The number of ketones is 1. The molecule has 3 aromatic rings. The molecule has 0 aliphatic carbocycles. The fourth-order valence-corrected chi connectivity index (χ4v) is 3.03. The molecule has 9 heteroatoms. The molecule has 1 aliphatic rings. The maximum Gasteiger partial charge on any atom is 0.348 e. The summed E-state index contributed by atoms with van der Waals surface area (Å²) >= 11 is 0. The SMILES string of the molecule is CC(C)OC(=O)C1=C(Nc2ccc(F)cc2F)O/C(=C\c2c[nH]c3ncccc23)C1=O. The van der Waals surface area contributed by atoms with Crippen molar-refractivity contribution >= 4 is 34.5 Å². The average molecular weight is 425 g/mol. The van der Waals surface area contributed by atoms with E-state index in [0.717, 1.165) is 17.5 Å². The maximum atomic E-state index is 14.1. The van der Waals surface area contributed by atoms with Crippen LogP contribution in [0.15, 0.2) is 59.9 Å². The van der Waals surface area contributed by atoms with Crippen LogP contribution in [0.1, 0.15) is 19.4 Å². The van der Waals surface area contributed by atoms with Crippen molar-refractivity contribution < 1.29 is 27.8 Å². The van der Waals surface area contributed by atoms with Crippen LogP contribution in [-0.4, -0.2) is 27.8 Å². The van der Waals surface area contributed by atoms with Gasteiger partial charge in [-0.1, -0.05) is 0 Å². The smallest absolute Gasteiger partial charge is 0.348 e. The Kier molecular flexibility index (Phi) is 5.24. The molecule has 1 aliphatic heterocycles. The zero-order chi connectivity index (χ0) is 22.1. The third-order valence-electron chi connectivity index (χ3n) is 4.39. The summed E-state index contributed by atoms with van der Waals surface area (Å²) in [4.78, 5) is 32.7. The zero-order valence-corrected chi connectivity index (χ0v) is 16.5. The number of H-pyrrole nitrogens is 1. The van der Waals surface area contributed by atoms with Gasteiger partial charge in [0.2, 0.25) is 11.7 Å². The van der Waals surface area contributed by atoms with Crippen LogP contribution in [0.4, 0.5) is 14.5 Å². The van der Waals surface area contributed by atoms with E-state index >= 15 is 0 Å². The van der Waals surface area contributed by atoms with E-state index in [1.807, 2.05) is 0 Å². The number of hydrogen-bond donors (Lipinski definition) is 2. The first-order valence-corrected chi connectivity index (χ1v) is 9.37. The molecule has 7 nitrogen and oxygen atoms in total. The quantitative estimate of drug-likeness (QED) is 0.364. The van der Waals surface area contributed by atoms with Crippen LogP contribution in [-0.2, 0) is 19.1 Å². The molecule has 2 aromatic heterocycles. The fourth-order valence-electron chi connectivity index (χ4n) is 3.03. The van der Waals surface area contributed by atoms with Gasteiger partial charge >= 0.3 is 5.97 Å². The van der Waals surface area contributed by atoms with Crippen LogP contribution in [0, 0.1) is 11.6 Å². The van der Waals surface area contributed by atoms with E-state index < -0.39 is 35.1 Å². The Morgan fingerprint density at radius 1 is 1.29 bits per heavy atom. The summed E-state index contributed by atoms with van der Waals surface area (Å²) in [5.74, 6) is -3.80. The number of halogens is 2. The number of esters is 1. The second kappa shape index (κ2) is 8.02. The van der Waals surface area contributed by atoms with E-state index in [-0.39, 0.29) is 17.3 Å². The highest BCUT2D eigenvalue weighted by Crippen LogP contribution is 2.31. The van der Waals surface area contributed by atoms with Crippen molar-refractivity contribution in [1.82, 2.24) is 9.97 Å². The molecular weight excluding hydrogens is 408 g/mol. The molecular formula is C22H17F2N3O4. The Morgan fingerprint density at radius 3 is 2.84 bits per heavy atom. The molecule has 0 radical (unpaired) electrons. The molecule has 0 bridgehead atoms. The summed E-state index contributed by atoms with van der Waals surface area (Å²) in [5.41, 5.74) is 0.634. The van der Waals surface area contributed by atoms with E-state index in [0.29, 0.717) is 17.3 Å². The number of carbonyl (C=O) groups excluding carboxylic acids is 2. The highest BCUT2D eigenvalue weighted by atomic mass is 19.1. The van der Waals surface area contributed by atoms with E-state index in [1.54, 1.807) is 38.4 Å². The number of nitrogens with zero attached hydrogens (tertiary/aromatic N) is 1.